The molecule has 4 aromatic rings. The van der Waals surface area contributed by atoms with Gasteiger partial charge >= 0.3 is 6.03 Å². The van der Waals surface area contributed by atoms with Gasteiger partial charge in [0.2, 0.25) is 0 Å². The molecule has 0 saturated carbocycles. The quantitative estimate of drug-likeness (QED) is 0.381. The first-order valence-electron chi connectivity index (χ1n) is 11.4. The lowest BCUT2D eigenvalue weighted by Crippen LogP contribution is -2.36. The van der Waals surface area contributed by atoms with Crippen molar-refractivity contribution in [2.75, 3.05) is 11.9 Å². The van der Waals surface area contributed by atoms with E-state index in [1.165, 1.54) is 6.07 Å². The highest BCUT2D eigenvalue weighted by Crippen LogP contribution is 2.35. The van der Waals surface area contributed by atoms with E-state index >= 15 is 0 Å². The number of amides is 2. The average molecular weight is 495 g/mol. The minimum absolute atomic E-state index is 0.249. The molecule has 1 aliphatic heterocycles. The molecule has 35 heavy (non-hydrogen) atoms. The van der Waals surface area contributed by atoms with Crippen LogP contribution >= 0.6 is 11.6 Å². The highest BCUT2D eigenvalue weighted by molar-refractivity contribution is 6.30. The molecule has 1 fully saturated rings. The van der Waals surface area contributed by atoms with E-state index in [-0.39, 0.29) is 23.3 Å². The van der Waals surface area contributed by atoms with Crippen LogP contribution < -0.4 is 5.32 Å². The molecule has 2 aromatic heterocycles. The number of hydrogen-bond donors (Lipinski definition) is 1. The number of likely N-dealkylation sites (tertiary alicyclic amines) is 1. The van der Waals surface area contributed by atoms with Gasteiger partial charge < -0.3 is 19.3 Å². The lowest BCUT2D eigenvalue weighted by Gasteiger charge is -2.25. The Morgan fingerprint density at radius 3 is 2.71 bits per heavy atom. The van der Waals surface area contributed by atoms with E-state index in [1.807, 2.05) is 35.8 Å². The number of aryl methyl sites for hydroxylation is 2. The number of nitrogens with one attached hydrogen (secondary N) is 1. The molecule has 1 unspecified atom stereocenters. The third-order valence-electron chi connectivity index (χ3n) is 6.25. The predicted molar refractivity (Wildman–Crippen MR) is 130 cm³/mol. The highest BCUT2D eigenvalue weighted by atomic mass is 35.5. The van der Waals surface area contributed by atoms with E-state index in [0.29, 0.717) is 29.6 Å². The monoisotopic (exact) mass is 494 g/mol. The number of nitrogens with zero attached hydrogens (tertiary/aromatic N) is 5. The molecule has 0 aliphatic carbocycles. The first kappa shape index (κ1) is 23.0. The molecular weight excluding hydrogens is 471 g/mol. The second kappa shape index (κ2) is 9.50. The van der Waals surface area contributed by atoms with Crippen LogP contribution in [0.5, 0.6) is 0 Å². The number of hydrogen-bond acceptors (Lipinski definition) is 5. The van der Waals surface area contributed by atoms with Gasteiger partial charge in [-0.3, -0.25) is 0 Å². The molecule has 2 aromatic carbocycles. The summed E-state index contributed by atoms with van der Waals surface area (Å²) < 4.78 is 21.7. The fourth-order valence-corrected chi connectivity index (χ4v) is 4.55. The van der Waals surface area contributed by atoms with Gasteiger partial charge in [0.25, 0.3) is 0 Å². The Hall–Kier alpha value is -3.72. The summed E-state index contributed by atoms with van der Waals surface area (Å²) in [6, 6.07) is 13.3. The summed E-state index contributed by atoms with van der Waals surface area (Å²) in [5.74, 6) is 1.44. The van der Waals surface area contributed by atoms with E-state index in [2.05, 4.69) is 20.7 Å². The van der Waals surface area contributed by atoms with Gasteiger partial charge in [-0.25, -0.2) is 9.18 Å². The van der Waals surface area contributed by atoms with Crippen molar-refractivity contribution in [2.45, 2.75) is 39.3 Å². The molecule has 5 rings (SSSR count). The molecule has 180 valence electrons. The van der Waals surface area contributed by atoms with Crippen LogP contribution in [-0.2, 0) is 6.54 Å². The molecule has 8 nitrogen and oxygen atoms in total. The molecule has 0 bridgehead atoms. The van der Waals surface area contributed by atoms with E-state index in [4.69, 9.17) is 16.1 Å². The summed E-state index contributed by atoms with van der Waals surface area (Å²) in [6.07, 6.45) is 1.59. The van der Waals surface area contributed by atoms with Gasteiger partial charge in [0, 0.05) is 17.1 Å². The van der Waals surface area contributed by atoms with E-state index in [9.17, 15) is 9.18 Å². The standard InChI is InChI=1S/C25H24ClFN6O2/c1-15-22(23(31-35-15)19-6-3-4-7-20(19)27)28-25(34)32-13-5-8-21(32)24-30-29-16(2)33(24)14-17-9-11-18(26)12-10-17/h3-4,6-7,9-12,21H,5,8,13-14H2,1-2H3,(H,28,34). The fraction of sp³-hybridized carbons (Fsp3) is 0.280. The maximum Gasteiger partial charge on any atom is 0.322 e. The molecule has 0 spiro atoms. The van der Waals surface area contributed by atoms with Crippen molar-refractivity contribution >= 4 is 23.3 Å². The number of halogens is 2. The van der Waals surface area contributed by atoms with Crippen molar-refractivity contribution in [3.63, 3.8) is 0 Å². The summed E-state index contributed by atoms with van der Waals surface area (Å²) in [5.41, 5.74) is 1.93. The largest absolute Gasteiger partial charge is 0.359 e. The molecule has 1 atom stereocenters. The third-order valence-corrected chi connectivity index (χ3v) is 6.51. The highest BCUT2D eigenvalue weighted by Gasteiger charge is 2.35. The van der Waals surface area contributed by atoms with Crippen LogP contribution in [0, 0.1) is 19.7 Å². The van der Waals surface area contributed by atoms with Crippen molar-refractivity contribution in [3.05, 3.63) is 82.3 Å². The zero-order chi connectivity index (χ0) is 24.5. The Balaban J connectivity index is 1.40. The van der Waals surface area contributed by atoms with Crippen LogP contribution in [0.3, 0.4) is 0 Å². The molecule has 2 amide bonds. The van der Waals surface area contributed by atoms with Crippen LogP contribution in [0.15, 0.2) is 53.1 Å². The topological polar surface area (TPSA) is 89.1 Å². The van der Waals surface area contributed by atoms with Gasteiger partial charge in [-0.1, -0.05) is 41.0 Å². The van der Waals surface area contributed by atoms with Gasteiger partial charge in [-0.2, -0.15) is 0 Å². The molecule has 1 aliphatic rings. The lowest BCUT2D eigenvalue weighted by molar-refractivity contribution is 0.203. The Morgan fingerprint density at radius 1 is 1.17 bits per heavy atom. The lowest BCUT2D eigenvalue weighted by atomic mass is 10.1. The van der Waals surface area contributed by atoms with Crippen molar-refractivity contribution in [1.82, 2.24) is 24.8 Å². The van der Waals surface area contributed by atoms with Gasteiger partial charge in [0.15, 0.2) is 11.6 Å². The predicted octanol–water partition coefficient (Wildman–Crippen LogP) is 5.76. The molecule has 3 heterocycles. The smallest absolute Gasteiger partial charge is 0.322 e. The van der Waals surface area contributed by atoms with E-state index in [0.717, 1.165) is 30.1 Å². The summed E-state index contributed by atoms with van der Waals surface area (Å²) in [5, 5.41) is 16.3. The van der Waals surface area contributed by atoms with Crippen LogP contribution in [-0.4, -0.2) is 37.4 Å². The van der Waals surface area contributed by atoms with Crippen LogP contribution in [0.1, 0.15) is 41.9 Å². The summed E-state index contributed by atoms with van der Waals surface area (Å²) in [7, 11) is 0. The zero-order valence-electron chi connectivity index (χ0n) is 19.3. The molecule has 10 heteroatoms. The number of rotatable bonds is 5. The Morgan fingerprint density at radius 2 is 1.94 bits per heavy atom. The van der Waals surface area contributed by atoms with Gasteiger partial charge in [0.05, 0.1) is 12.6 Å². The summed E-state index contributed by atoms with van der Waals surface area (Å²) in [4.78, 5) is 15.1. The van der Waals surface area contributed by atoms with Gasteiger partial charge in [-0.05, 0) is 56.5 Å². The minimum Gasteiger partial charge on any atom is -0.359 e. The number of anilines is 1. The van der Waals surface area contributed by atoms with Crippen LogP contribution in [0.4, 0.5) is 14.9 Å². The Bertz CT molecular complexity index is 1370. The van der Waals surface area contributed by atoms with Crippen molar-refractivity contribution in [1.29, 1.82) is 0 Å². The summed E-state index contributed by atoms with van der Waals surface area (Å²) in [6.45, 7) is 4.70. The van der Waals surface area contributed by atoms with Crippen molar-refractivity contribution < 1.29 is 13.7 Å². The number of carbonyl (C=O) groups is 1. The summed E-state index contributed by atoms with van der Waals surface area (Å²) >= 11 is 6.03. The van der Waals surface area contributed by atoms with Crippen LogP contribution in [0.2, 0.25) is 5.02 Å². The third kappa shape index (κ3) is 4.51. The zero-order valence-corrected chi connectivity index (χ0v) is 20.1. The normalized spacial score (nSPS) is 15.5. The average Bonchev–Trinajstić information content (AvgIpc) is 3.56. The SMILES string of the molecule is Cc1onc(-c2ccccc2F)c1NC(=O)N1CCCC1c1nnc(C)n1Cc1ccc(Cl)cc1. The van der Waals surface area contributed by atoms with E-state index in [1.54, 1.807) is 30.0 Å². The second-order valence-electron chi connectivity index (χ2n) is 8.54. The van der Waals surface area contributed by atoms with Crippen molar-refractivity contribution in [3.8, 4) is 11.3 Å². The number of aromatic nitrogens is 4. The number of carbonyl (C=O) groups excluding carboxylic acids is 1. The molecule has 1 N–H and O–H groups in total. The van der Waals surface area contributed by atoms with Crippen LogP contribution in [0.25, 0.3) is 11.3 Å². The van der Waals surface area contributed by atoms with Gasteiger partial charge in [-0.15, -0.1) is 10.2 Å². The Labute approximate surface area is 206 Å². The van der Waals surface area contributed by atoms with Gasteiger partial charge in [0.1, 0.15) is 23.0 Å². The molecular formula is C25H24ClFN6O2. The number of urea groups is 1. The van der Waals surface area contributed by atoms with E-state index < -0.39 is 5.82 Å². The first-order valence-corrected chi connectivity index (χ1v) is 11.7. The van der Waals surface area contributed by atoms with Crippen molar-refractivity contribution in [2.24, 2.45) is 0 Å². The molecule has 0 radical (unpaired) electrons. The maximum absolute atomic E-state index is 14.4. The number of benzene rings is 2. The maximum atomic E-state index is 14.4. The second-order valence-corrected chi connectivity index (χ2v) is 8.98. The Kier molecular flexibility index (Phi) is 6.25. The molecule has 1 saturated heterocycles. The fourth-order valence-electron chi connectivity index (χ4n) is 4.43. The minimum atomic E-state index is -0.443. The first-order chi connectivity index (χ1) is 16.9.